The molecule has 1 aromatic heterocycles. The van der Waals surface area contributed by atoms with Crippen molar-refractivity contribution in [1.29, 1.82) is 10.5 Å². The van der Waals surface area contributed by atoms with Gasteiger partial charge in [0.05, 0.1) is 48.4 Å². The Kier molecular flexibility index (Phi) is 4.95. The summed E-state index contributed by atoms with van der Waals surface area (Å²) in [4.78, 5) is 10.6. The number of nitrogens with one attached hydrogen (secondary N) is 2. The molecule has 158 valence electrons. The van der Waals surface area contributed by atoms with Crippen LogP contribution in [0.15, 0.2) is 18.2 Å². The Labute approximate surface area is 183 Å². The number of benzene rings is 1. The van der Waals surface area contributed by atoms with Gasteiger partial charge in [0.15, 0.2) is 0 Å². The molecule has 2 N–H and O–H groups in total. The predicted molar refractivity (Wildman–Crippen MR) is 118 cm³/mol. The lowest BCUT2D eigenvalue weighted by Gasteiger charge is -2.18. The summed E-state index contributed by atoms with van der Waals surface area (Å²) in [6.07, 6.45) is 4.96. The summed E-state index contributed by atoms with van der Waals surface area (Å²) in [5, 5.41) is 21.5. The zero-order chi connectivity index (χ0) is 22.4. The molecule has 2 aromatic rings. The largest absolute Gasteiger partial charge is 0.438 e. The van der Waals surface area contributed by atoms with E-state index in [4.69, 9.17) is 15.0 Å². The van der Waals surface area contributed by atoms with Crippen LogP contribution in [0.5, 0.6) is 11.6 Å². The summed E-state index contributed by atoms with van der Waals surface area (Å²) < 4.78 is 6.39. The SMILES string of the molecule is Cc1cc(/C=C/C#N)cc(C)c1Oc1nc(NC23CC2(C#N)C3)nc(C)c1C[NH+](C)C. The number of rotatable bonds is 7. The van der Waals surface area contributed by atoms with Crippen molar-refractivity contribution in [1.82, 2.24) is 9.97 Å². The molecule has 31 heavy (non-hydrogen) atoms. The number of aryl methyl sites for hydroxylation is 3. The number of quaternary nitrogens is 1. The number of ether oxygens (including phenoxy) is 1. The second-order valence-corrected chi connectivity index (χ2v) is 9.10. The Morgan fingerprint density at radius 2 is 1.84 bits per heavy atom. The Bertz CT molecular complexity index is 1140. The minimum atomic E-state index is -0.225. The Balaban J connectivity index is 1.68. The summed E-state index contributed by atoms with van der Waals surface area (Å²) in [6.45, 7) is 6.69. The standard InChI is InChI=1S/C24H26N6O/c1-15-9-18(7-6-8-25)10-16(2)20(15)31-21-19(11-30(4)5)17(3)27-22(28-21)29-24-12-23(24,13-24)14-26/h6-7,9-10H,11-13H2,1-5H3,(H,27,28,29)/p+1/b7-6+. The van der Waals surface area contributed by atoms with Crippen molar-refractivity contribution < 1.29 is 9.64 Å². The molecule has 0 amide bonds. The summed E-state index contributed by atoms with van der Waals surface area (Å²) in [5.74, 6) is 1.82. The Hall–Kier alpha value is -3.42. The van der Waals surface area contributed by atoms with Crippen molar-refractivity contribution in [2.24, 2.45) is 5.41 Å². The van der Waals surface area contributed by atoms with Crippen molar-refractivity contribution in [3.8, 4) is 23.8 Å². The molecule has 2 fully saturated rings. The number of nitrogens with zero attached hydrogens (tertiary/aromatic N) is 4. The number of hydrogen-bond acceptors (Lipinski definition) is 6. The van der Waals surface area contributed by atoms with E-state index in [-0.39, 0.29) is 11.0 Å². The highest BCUT2D eigenvalue weighted by Gasteiger charge is 2.85. The highest BCUT2D eigenvalue weighted by Crippen LogP contribution is 2.79. The van der Waals surface area contributed by atoms with Gasteiger partial charge in [0, 0.05) is 6.08 Å². The lowest BCUT2D eigenvalue weighted by molar-refractivity contribution is -0.872. The zero-order valence-electron chi connectivity index (χ0n) is 18.6. The van der Waals surface area contributed by atoms with Gasteiger partial charge < -0.3 is 15.0 Å². The molecule has 0 unspecified atom stereocenters. The van der Waals surface area contributed by atoms with Crippen LogP contribution in [-0.4, -0.2) is 29.6 Å². The molecule has 2 aliphatic carbocycles. The third-order valence-corrected chi connectivity index (χ3v) is 6.18. The number of nitriles is 2. The minimum Gasteiger partial charge on any atom is -0.438 e. The van der Waals surface area contributed by atoms with Crippen LogP contribution in [0.2, 0.25) is 0 Å². The average molecular weight is 416 g/mol. The van der Waals surface area contributed by atoms with Crippen LogP contribution in [0, 0.1) is 48.8 Å². The zero-order valence-corrected chi connectivity index (χ0v) is 18.6. The molecule has 4 rings (SSSR count). The van der Waals surface area contributed by atoms with E-state index in [0.717, 1.165) is 53.1 Å². The van der Waals surface area contributed by atoms with E-state index < -0.39 is 0 Å². The second-order valence-electron chi connectivity index (χ2n) is 9.10. The van der Waals surface area contributed by atoms with Gasteiger partial charge in [-0.25, -0.2) is 4.98 Å². The van der Waals surface area contributed by atoms with Gasteiger partial charge in [0.2, 0.25) is 11.8 Å². The fourth-order valence-corrected chi connectivity index (χ4v) is 4.24. The fraction of sp³-hybridized carbons (Fsp3) is 0.417. The molecule has 7 heteroatoms. The van der Waals surface area contributed by atoms with Crippen LogP contribution in [0.1, 0.15) is 40.8 Å². The molecule has 0 aliphatic heterocycles. The fourth-order valence-electron chi connectivity index (χ4n) is 4.24. The highest BCUT2D eigenvalue weighted by molar-refractivity contribution is 5.59. The van der Waals surface area contributed by atoms with Crippen LogP contribution in [0.3, 0.4) is 0 Å². The van der Waals surface area contributed by atoms with Gasteiger partial charge in [-0.15, -0.1) is 0 Å². The Morgan fingerprint density at radius 3 is 2.39 bits per heavy atom. The molecule has 1 aromatic carbocycles. The van der Waals surface area contributed by atoms with Gasteiger partial charge in [0.25, 0.3) is 0 Å². The quantitative estimate of drug-likeness (QED) is 0.675. The van der Waals surface area contributed by atoms with Gasteiger partial charge >= 0.3 is 0 Å². The molecular weight excluding hydrogens is 388 g/mol. The molecular formula is C24H27N6O+. The first-order valence-electron chi connectivity index (χ1n) is 10.4. The summed E-state index contributed by atoms with van der Waals surface area (Å²) >= 11 is 0. The molecule has 2 aliphatic rings. The third kappa shape index (κ3) is 3.73. The Morgan fingerprint density at radius 1 is 1.16 bits per heavy atom. The molecule has 0 spiro atoms. The van der Waals surface area contributed by atoms with Crippen molar-refractivity contribution in [2.75, 3.05) is 19.4 Å². The van der Waals surface area contributed by atoms with Gasteiger partial charge in [-0.1, -0.05) is 0 Å². The topological polar surface area (TPSA) is 99.1 Å². The lowest BCUT2D eigenvalue weighted by atomic mass is 10.1. The van der Waals surface area contributed by atoms with E-state index in [1.807, 2.05) is 39.0 Å². The van der Waals surface area contributed by atoms with E-state index >= 15 is 0 Å². The van der Waals surface area contributed by atoms with Gasteiger partial charge in [-0.3, -0.25) is 0 Å². The predicted octanol–water partition coefficient (Wildman–Crippen LogP) is 2.84. The molecule has 0 atom stereocenters. The molecule has 0 bridgehead atoms. The van der Waals surface area contributed by atoms with Crippen molar-refractivity contribution >= 4 is 12.0 Å². The number of aromatic nitrogens is 2. The number of hydrogen-bond donors (Lipinski definition) is 2. The van der Waals surface area contributed by atoms with Crippen LogP contribution in [-0.2, 0) is 6.54 Å². The van der Waals surface area contributed by atoms with E-state index in [9.17, 15) is 5.26 Å². The average Bonchev–Trinajstić information content (AvgIpc) is 3.51. The maximum absolute atomic E-state index is 9.35. The van der Waals surface area contributed by atoms with Gasteiger partial charge in [0.1, 0.15) is 12.3 Å². The van der Waals surface area contributed by atoms with E-state index in [1.54, 1.807) is 6.08 Å². The van der Waals surface area contributed by atoms with Crippen LogP contribution in [0.4, 0.5) is 5.95 Å². The molecule has 2 saturated carbocycles. The highest BCUT2D eigenvalue weighted by atomic mass is 16.5. The smallest absolute Gasteiger partial charge is 0.233 e. The first-order chi connectivity index (χ1) is 14.7. The monoisotopic (exact) mass is 415 g/mol. The second kappa shape index (κ2) is 7.37. The number of fused-ring (bicyclic) bond motifs is 1. The van der Waals surface area contributed by atoms with Crippen molar-refractivity contribution in [2.45, 2.75) is 45.7 Å². The first kappa shape index (κ1) is 20.8. The van der Waals surface area contributed by atoms with E-state index in [0.29, 0.717) is 11.8 Å². The lowest BCUT2D eigenvalue weighted by Crippen LogP contribution is -3.04. The maximum Gasteiger partial charge on any atom is 0.233 e. The molecule has 7 nitrogen and oxygen atoms in total. The molecule has 1 heterocycles. The number of anilines is 1. The molecule has 0 saturated heterocycles. The van der Waals surface area contributed by atoms with Crippen LogP contribution < -0.4 is 15.0 Å². The van der Waals surface area contributed by atoms with E-state index in [2.05, 4.69) is 30.5 Å². The van der Waals surface area contributed by atoms with Crippen LogP contribution >= 0.6 is 0 Å². The maximum atomic E-state index is 9.35. The van der Waals surface area contributed by atoms with Crippen LogP contribution in [0.25, 0.3) is 6.08 Å². The number of allylic oxidation sites excluding steroid dienone is 1. The third-order valence-electron chi connectivity index (χ3n) is 6.18. The normalized spacial score (nSPS) is 23.2. The minimum absolute atomic E-state index is 0.152. The summed E-state index contributed by atoms with van der Waals surface area (Å²) in [5.41, 5.74) is 4.36. The van der Waals surface area contributed by atoms with Crippen molar-refractivity contribution in [3.63, 3.8) is 0 Å². The van der Waals surface area contributed by atoms with E-state index in [1.165, 1.54) is 11.0 Å². The van der Waals surface area contributed by atoms with Gasteiger partial charge in [-0.2, -0.15) is 15.5 Å². The summed E-state index contributed by atoms with van der Waals surface area (Å²) in [6, 6.07) is 8.43. The molecule has 0 radical (unpaired) electrons. The van der Waals surface area contributed by atoms with Gasteiger partial charge in [-0.05, 0) is 68.5 Å². The first-order valence-corrected chi connectivity index (χ1v) is 10.4. The summed E-state index contributed by atoms with van der Waals surface area (Å²) in [7, 11) is 4.16. The van der Waals surface area contributed by atoms with Crippen molar-refractivity contribution in [3.05, 3.63) is 46.2 Å².